The average molecular weight is 281 g/mol. The highest BCUT2D eigenvalue weighted by atomic mass is 32.5. The minimum atomic E-state index is -2.52. The summed E-state index contributed by atoms with van der Waals surface area (Å²) in [5, 5.41) is 13.7. The van der Waals surface area contributed by atoms with Crippen LogP contribution in [-0.2, 0) is 21.1 Å². The first-order chi connectivity index (χ1) is 7.94. The first kappa shape index (κ1) is 14.4. The highest BCUT2D eigenvalue weighted by molar-refractivity contribution is 8.10. The van der Waals surface area contributed by atoms with Gasteiger partial charge in [-0.2, -0.15) is 0 Å². The van der Waals surface area contributed by atoms with Crippen LogP contribution in [0.4, 0.5) is 4.79 Å². The van der Waals surface area contributed by atoms with Gasteiger partial charge in [0.2, 0.25) is 6.57 Å². The van der Waals surface area contributed by atoms with E-state index in [-0.39, 0.29) is 12.5 Å². The monoisotopic (exact) mass is 281 g/mol. The maximum atomic E-state index is 11.7. The van der Waals surface area contributed by atoms with E-state index in [1.807, 2.05) is 6.92 Å². The average Bonchev–Trinajstić information content (AvgIpc) is 2.30. The number of hydrogen-bond donors (Lipinski definition) is 3. The summed E-state index contributed by atoms with van der Waals surface area (Å²) in [5.41, 5.74) is 0. The van der Waals surface area contributed by atoms with Crippen molar-refractivity contribution in [2.24, 2.45) is 0 Å². The summed E-state index contributed by atoms with van der Waals surface area (Å²) in [7, 11) is 1.45. The maximum Gasteiger partial charge on any atom is 0.405 e. The van der Waals surface area contributed by atoms with Crippen molar-refractivity contribution in [1.29, 1.82) is 0 Å². The summed E-state index contributed by atoms with van der Waals surface area (Å²) in [5.74, 6) is -0.332. The molecule has 1 aliphatic heterocycles. The van der Waals surface area contributed by atoms with Gasteiger partial charge in [0.25, 0.3) is 5.91 Å². The fourth-order valence-electron chi connectivity index (χ4n) is 1.40. The Balaban J connectivity index is 2.60. The predicted octanol–water partition coefficient (Wildman–Crippen LogP) is 0.335. The van der Waals surface area contributed by atoms with Crippen LogP contribution in [0.1, 0.15) is 13.3 Å². The molecule has 0 aliphatic carbocycles. The van der Waals surface area contributed by atoms with Gasteiger partial charge >= 0.3 is 6.09 Å². The molecule has 9 heteroatoms. The van der Waals surface area contributed by atoms with Crippen molar-refractivity contribution in [3.8, 4) is 0 Å². The van der Waals surface area contributed by atoms with E-state index in [1.165, 1.54) is 11.8 Å². The minimum absolute atomic E-state index is 0.257. The Morgan fingerprint density at radius 2 is 2.41 bits per heavy atom. The van der Waals surface area contributed by atoms with Gasteiger partial charge in [-0.15, -0.1) is 0 Å². The summed E-state index contributed by atoms with van der Waals surface area (Å²) in [6.07, 6.45) is -0.337. The van der Waals surface area contributed by atoms with Crippen LogP contribution in [0, 0.1) is 0 Å². The summed E-state index contributed by atoms with van der Waals surface area (Å²) < 4.78 is 6.61. The van der Waals surface area contributed by atoms with E-state index in [2.05, 4.69) is 10.4 Å². The highest BCUT2D eigenvalue weighted by Gasteiger charge is 2.45. The lowest BCUT2D eigenvalue weighted by Gasteiger charge is -2.44. The lowest BCUT2D eigenvalue weighted by molar-refractivity contribution is -0.136. The molecule has 0 bridgehead atoms. The molecule has 1 heterocycles. The molecule has 2 atom stereocenters. The molecule has 1 fully saturated rings. The molecule has 7 nitrogen and oxygen atoms in total. The molecule has 0 aromatic carbocycles. The smallest absolute Gasteiger partial charge is 0.405 e. The van der Waals surface area contributed by atoms with Gasteiger partial charge in [-0.1, -0.05) is 6.92 Å². The third-order valence-corrected chi connectivity index (χ3v) is 5.87. The largest absolute Gasteiger partial charge is 0.465 e. The Labute approximate surface area is 105 Å². The third kappa shape index (κ3) is 3.16. The lowest BCUT2D eigenvalue weighted by Crippen LogP contribution is -2.63. The molecule has 0 aromatic heterocycles. The van der Waals surface area contributed by atoms with Gasteiger partial charge in [-0.3, -0.25) is 14.6 Å². The van der Waals surface area contributed by atoms with Gasteiger partial charge in [-0.25, -0.2) is 4.79 Å². The number of nitrogens with zero attached hydrogens (tertiary/aromatic N) is 1. The van der Waals surface area contributed by atoms with E-state index in [0.717, 1.165) is 6.42 Å². The van der Waals surface area contributed by atoms with E-state index in [4.69, 9.17) is 21.4 Å². The standard InChI is InChI=1S/C8H16N3O4PS/c1-3-4-9-16(17,15-2)11-5-6(7(11)12)10-8(13)14/h6,10H,3-5H2,1-2H3,(H,9,17)(H,13,14). The van der Waals surface area contributed by atoms with Crippen molar-refractivity contribution in [2.75, 3.05) is 20.2 Å². The van der Waals surface area contributed by atoms with Gasteiger partial charge in [0.1, 0.15) is 6.04 Å². The van der Waals surface area contributed by atoms with Gasteiger partial charge in [0, 0.05) is 13.7 Å². The predicted molar refractivity (Wildman–Crippen MR) is 66.2 cm³/mol. The topological polar surface area (TPSA) is 90.9 Å². The number of rotatable bonds is 6. The quantitative estimate of drug-likeness (QED) is 0.480. The van der Waals surface area contributed by atoms with Crippen LogP contribution in [0.5, 0.6) is 0 Å². The van der Waals surface area contributed by atoms with Crippen molar-refractivity contribution in [3.05, 3.63) is 0 Å². The van der Waals surface area contributed by atoms with E-state index >= 15 is 0 Å². The summed E-state index contributed by atoms with van der Waals surface area (Å²) in [4.78, 5) is 22.1. The molecule has 0 spiro atoms. The Morgan fingerprint density at radius 3 is 2.82 bits per heavy atom. The van der Waals surface area contributed by atoms with Crippen LogP contribution in [-0.4, -0.2) is 48.0 Å². The second kappa shape index (κ2) is 5.77. The Morgan fingerprint density at radius 1 is 1.76 bits per heavy atom. The molecular weight excluding hydrogens is 265 g/mol. The zero-order chi connectivity index (χ0) is 13.1. The number of hydrogen-bond acceptors (Lipinski definition) is 4. The Bertz CT molecular complexity index is 365. The second-order valence-corrected chi connectivity index (χ2v) is 7.22. The molecule has 98 valence electrons. The number of amides is 2. The molecule has 2 unspecified atom stereocenters. The van der Waals surface area contributed by atoms with E-state index in [9.17, 15) is 9.59 Å². The fourth-order valence-corrected chi connectivity index (χ4v) is 3.90. The number of carboxylic acid groups (broad SMARTS) is 1. The normalized spacial score (nSPS) is 22.8. The van der Waals surface area contributed by atoms with Crippen LogP contribution >= 0.6 is 6.57 Å². The van der Waals surface area contributed by atoms with E-state index in [0.29, 0.717) is 6.54 Å². The SMILES string of the molecule is CCCNP(=S)(OC)N1CC(NC(=O)O)C1=O. The molecule has 2 amide bonds. The first-order valence-corrected chi connectivity index (χ1v) is 7.84. The number of nitrogens with one attached hydrogen (secondary N) is 2. The van der Waals surface area contributed by atoms with Crippen LogP contribution < -0.4 is 10.4 Å². The fraction of sp³-hybridized carbons (Fsp3) is 0.750. The molecule has 1 rings (SSSR count). The molecular formula is C8H16N3O4PS. The third-order valence-electron chi connectivity index (χ3n) is 2.33. The zero-order valence-corrected chi connectivity index (χ0v) is 11.4. The highest BCUT2D eigenvalue weighted by Crippen LogP contribution is 2.49. The van der Waals surface area contributed by atoms with Crippen LogP contribution in [0.15, 0.2) is 0 Å². The van der Waals surface area contributed by atoms with Crippen LogP contribution in [0.25, 0.3) is 0 Å². The van der Waals surface area contributed by atoms with Crippen LogP contribution in [0.2, 0.25) is 0 Å². The van der Waals surface area contributed by atoms with Gasteiger partial charge < -0.3 is 14.9 Å². The minimum Gasteiger partial charge on any atom is -0.465 e. The molecule has 1 aliphatic rings. The van der Waals surface area contributed by atoms with Crippen molar-refractivity contribution in [3.63, 3.8) is 0 Å². The molecule has 1 saturated heterocycles. The first-order valence-electron chi connectivity index (χ1n) is 5.16. The summed E-state index contributed by atoms with van der Waals surface area (Å²) >= 11 is 5.29. The van der Waals surface area contributed by atoms with Crippen molar-refractivity contribution < 1.29 is 19.2 Å². The molecule has 17 heavy (non-hydrogen) atoms. The Hall–Kier alpha value is -0.690. The number of carbonyl (C=O) groups is 2. The molecule has 3 N–H and O–H groups in total. The van der Waals surface area contributed by atoms with E-state index in [1.54, 1.807) is 0 Å². The molecule has 0 aromatic rings. The van der Waals surface area contributed by atoms with Crippen molar-refractivity contribution in [1.82, 2.24) is 15.1 Å². The van der Waals surface area contributed by atoms with Gasteiger partial charge in [-0.05, 0) is 18.2 Å². The van der Waals surface area contributed by atoms with Crippen molar-refractivity contribution in [2.45, 2.75) is 19.4 Å². The number of carbonyl (C=O) groups excluding carboxylic acids is 1. The number of β-lactam (4-membered cyclic amide) rings is 1. The lowest BCUT2D eigenvalue weighted by atomic mass is 10.2. The van der Waals surface area contributed by atoms with Crippen LogP contribution in [0.3, 0.4) is 0 Å². The van der Waals surface area contributed by atoms with Gasteiger partial charge in [0.15, 0.2) is 0 Å². The summed E-state index contributed by atoms with van der Waals surface area (Å²) in [6, 6.07) is -0.701. The molecule has 0 radical (unpaired) electrons. The van der Waals surface area contributed by atoms with Crippen molar-refractivity contribution >= 4 is 30.4 Å². The molecule has 0 saturated carbocycles. The maximum absolute atomic E-state index is 11.7. The second-order valence-electron chi connectivity index (χ2n) is 3.53. The van der Waals surface area contributed by atoms with Gasteiger partial charge in [0.05, 0.1) is 6.54 Å². The zero-order valence-electron chi connectivity index (χ0n) is 9.67. The summed E-state index contributed by atoms with van der Waals surface area (Å²) in [6.45, 7) is 0.373. The Kier molecular flexibility index (Phi) is 4.88. The van der Waals surface area contributed by atoms with E-state index < -0.39 is 18.7 Å².